The summed E-state index contributed by atoms with van der Waals surface area (Å²) >= 11 is 18.1. The van der Waals surface area contributed by atoms with E-state index in [1.807, 2.05) is 0 Å². The van der Waals surface area contributed by atoms with Gasteiger partial charge in [0.15, 0.2) is 11.6 Å². The van der Waals surface area contributed by atoms with Crippen molar-refractivity contribution < 1.29 is 40.2 Å². The van der Waals surface area contributed by atoms with Crippen LogP contribution in [0.3, 0.4) is 0 Å². The largest absolute Gasteiger partial charge is 0.437 e. The molecule has 0 fully saturated rings. The molecule has 14 heteroatoms. The van der Waals surface area contributed by atoms with Crippen molar-refractivity contribution in [2.45, 2.75) is 12.4 Å². The van der Waals surface area contributed by atoms with Crippen LogP contribution in [-0.4, -0.2) is 9.97 Å². The number of para-hydroxylation sites is 1. The zero-order valence-corrected chi connectivity index (χ0v) is 20.5. The van der Waals surface area contributed by atoms with Crippen molar-refractivity contribution in [1.29, 1.82) is 0 Å². The molecule has 0 radical (unpaired) electrons. The van der Waals surface area contributed by atoms with Crippen molar-refractivity contribution in [2.24, 2.45) is 0 Å². The van der Waals surface area contributed by atoms with Gasteiger partial charge in [0.1, 0.15) is 11.3 Å². The number of hydrogen-bond acceptors (Lipinski definition) is 4. The summed E-state index contributed by atoms with van der Waals surface area (Å²) in [6.07, 6.45) is -8.94. The lowest BCUT2D eigenvalue weighted by Crippen LogP contribution is -2.13. The Hall–Kier alpha value is -3.28. The van der Waals surface area contributed by atoms with Gasteiger partial charge in [-0.05, 0) is 35.9 Å². The number of benzene rings is 2. The molecule has 0 saturated heterocycles. The molecule has 4 nitrogen and oxygen atoms in total. The maximum absolute atomic E-state index is 14.3. The van der Waals surface area contributed by atoms with E-state index in [1.165, 1.54) is 36.4 Å². The van der Waals surface area contributed by atoms with Crippen molar-refractivity contribution in [3.8, 4) is 34.4 Å². The van der Waals surface area contributed by atoms with Gasteiger partial charge in [0.05, 0.1) is 20.6 Å². The summed E-state index contributed by atoms with van der Waals surface area (Å²) in [4.78, 5) is 6.99. The lowest BCUT2D eigenvalue weighted by molar-refractivity contribution is -0.144. The maximum Gasteiger partial charge on any atom is 0.421 e. The second kappa shape index (κ2) is 10.5. The average Bonchev–Trinajstić information content (AvgIpc) is 2.82. The number of aromatic nitrogens is 2. The van der Waals surface area contributed by atoms with Gasteiger partial charge < -0.3 is 9.47 Å². The van der Waals surface area contributed by atoms with Crippen LogP contribution in [0.25, 0.3) is 11.1 Å². The molecule has 0 unspecified atom stereocenters. The lowest BCUT2D eigenvalue weighted by atomic mass is 10.0. The second-order valence-corrected chi connectivity index (χ2v) is 8.73. The molecule has 0 amide bonds. The predicted molar refractivity (Wildman–Crippen MR) is 125 cm³/mol. The number of ether oxygens (including phenoxy) is 2. The highest BCUT2D eigenvalue weighted by atomic mass is 35.5. The third kappa shape index (κ3) is 6.06. The smallest absolute Gasteiger partial charge is 0.421 e. The lowest BCUT2D eigenvalue weighted by Gasteiger charge is -2.17. The number of rotatable bonds is 5. The highest BCUT2D eigenvalue weighted by Gasteiger charge is 2.40. The van der Waals surface area contributed by atoms with E-state index in [-0.39, 0.29) is 50.0 Å². The van der Waals surface area contributed by atoms with E-state index in [0.29, 0.717) is 0 Å². The van der Waals surface area contributed by atoms with Crippen LogP contribution in [0, 0.1) is 5.82 Å². The van der Waals surface area contributed by atoms with Crippen LogP contribution in [0.15, 0.2) is 60.9 Å². The van der Waals surface area contributed by atoms with Crippen LogP contribution >= 0.6 is 34.8 Å². The first-order valence-electron chi connectivity index (χ1n) is 10.1. The number of pyridine rings is 2. The standard InChI is InChI=1S/C24H10Cl3F7N2O2/c25-13-8-18(28)22(36-10-13)38-20-14(2-1-3-17(20)27)11-4-5-16(26)19(6-11)37-21-15(24(32,33)34)7-12(9-35-21)23(29,30)31/h1-10H. The molecule has 0 bridgehead atoms. The number of nitrogens with zero attached hydrogens (tertiary/aromatic N) is 2. The van der Waals surface area contributed by atoms with E-state index in [2.05, 4.69) is 9.97 Å². The number of hydrogen-bond donors (Lipinski definition) is 0. The van der Waals surface area contributed by atoms with Crippen molar-refractivity contribution >= 4 is 34.8 Å². The fourth-order valence-electron chi connectivity index (χ4n) is 3.16. The molecule has 0 N–H and O–H groups in total. The van der Waals surface area contributed by atoms with Crippen LogP contribution in [-0.2, 0) is 12.4 Å². The zero-order valence-electron chi connectivity index (χ0n) is 18.3. The van der Waals surface area contributed by atoms with Gasteiger partial charge in [-0.2, -0.15) is 26.3 Å². The van der Waals surface area contributed by atoms with Gasteiger partial charge >= 0.3 is 12.4 Å². The van der Waals surface area contributed by atoms with Gasteiger partial charge in [0.25, 0.3) is 5.88 Å². The molecule has 2 heterocycles. The van der Waals surface area contributed by atoms with Gasteiger partial charge in [0.2, 0.25) is 5.88 Å². The first-order chi connectivity index (χ1) is 17.7. The highest BCUT2D eigenvalue weighted by molar-refractivity contribution is 6.33. The molecular weight excluding hydrogens is 588 g/mol. The zero-order chi connectivity index (χ0) is 27.8. The molecule has 2 aromatic carbocycles. The Morgan fingerprint density at radius 3 is 2.08 bits per heavy atom. The van der Waals surface area contributed by atoms with Gasteiger partial charge in [-0.15, -0.1) is 0 Å². The van der Waals surface area contributed by atoms with E-state index in [4.69, 9.17) is 44.3 Å². The molecule has 0 aliphatic heterocycles. The molecule has 0 spiro atoms. The summed E-state index contributed by atoms with van der Waals surface area (Å²) in [7, 11) is 0. The highest BCUT2D eigenvalue weighted by Crippen LogP contribution is 2.44. The molecule has 4 rings (SSSR count). The molecule has 2 aromatic heterocycles. The molecule has 0 aliphatic carbocycles. The molecule has 0 atom stereocenters. The Labute approximate surface area is 224 Å². The van der Waals surface area contributed by atoms with Crippen LogP contribution < -0.4 is 9.47 Å². The van der Waals surface area contributed by atoms with Gasteiger partial charge in [-0.25, -0.2) is 14.4 Å². The number of alkyl halides is 6. The van der Waals surface area contributed by atoms with Crippen molar-refractivity contribution in [3.63, 3.8) is 0 Å². The first kappa shape index (κ1) is 27.7. The second-order valence-electron chi connectivity index (χ2n) is 7.48. The summed E-state index contributed by atoms with van der Waals surface area (Å²) in [6, 6.07) is 9.18. The minimum absolute atomic E-state index is 0.0174. The van der Waals surface area contributed by atoms with Crippen LogP contribution in [0.4, 0.5) is 30.7 Å². The minimum atomic E-state index is -5.22. The van der Waals surface area contributed by atoms with Crippen LogP contribution in [0.2, 0.25) is 15.1 Å². The van der Waals surface area contributed by atoms with Crippen molar-refractivity contribution in [3.05, 3.63) is 92.9 Å². The van der Waals surface area contributed by atoms with E-state index >= 15 is 0 Å². The third-order valence-corrected chi connectivity index (χ3v) is 5.69. The van der Waals surface area contributed by atoms with Crippen molar-refractivity contribution in [1.82, 2.24) is 9.97 Å². The van der Waals surface area contributed by atoms with Crippen LogP contribution in [0.5, 0.6) is 23.3 Å². The fourth-order valence-corrected chi connectivity index (χ4v) is 3.67. The van der Waals surface area contributed by atoms with E-state index in [9.17, 15) is 30.7 Å². The van der Waals surface area contributed by atoms with Gasteiger partial charge in [0, 0.05) is 18.0 Å². The van der Waals surface area contributed by atoms with Crippen LogP contribution in [0.1, 0.15) is 11.1 Å². The molecule has 0 aliphatic rings. The quantitative estimate of drug-likeness (QED) is 0.215. The predicted octanol–water partition coefficient (Wildman–Crippen LogP) is 9.87. The number of halogens is 10. The molecule has 38 heavy (non-hydrogen) atoms. The summed E-state index contributed by atoms with van der Waals surface area (Å²) in [5.41, 5.74) is -2.91. The Morgan fingerprint density at radius 2 is 1.42 bits per heavy atom. The third-order valence-electron chi connectivity index (χ3n) is 4.87. The first-order valence-corrected chi connectivity index (χ1v) is 11.3. The van der Waals surface area contributed by atoms with Gasteiger partial charge in [-0.1, -0.05) is 53.0 Å². The molecule has 198 valence electrons. The van der Waals surface area contributed by atoms with E-state index in [0.717, 1.165) is 12.3 Å². The summed E-state index contributed by atoms with van der Waals surface area (Å²) in [5.74, 6) is -2.95. The Kier molecular flexibility index (Phi) is 7.64. The molecule has 0 saturated carbocycles. The van der Waals surface area contributed by atoms with E-state index in [1.54, 1.807) is 0 Å². The topological polar surface area (TPSA) is 44.2 Å². The van der Waals surface area contributed by atoms with E-state index < -0.39 is 41.1 Å². The fraction of sp³-hybridized carbons (Fsp3) is 0.0833. The van der Waals surface area contributed by atoms with Crippen molar-refractivity contribution in [2.75, 3.05) is 0 Å². The monoisotopic (exact) mass is 596 g/mol. The summed E-state index contributed by atoms with van der Waals surface area (Å²) in [6.45, 7) is 0. The Morgan fingerprint density at radius 1 is 0.711 bits per heavy atom. The molecule has 4 aromatic rings. The minimum Gasteiger partial charge on any atom is -0.437 e. The Balaban J connectivity index is 1.76. The SMILES string of the molecule is Fc1cc(Cl)cnc1Oc1c(Cl)cccc1-c1ccc(Cl)c(Oc2ncc(C(F)(F)F)cc2C(F)(F)F)c1. The summed E-state index contributed by atoms with van der Waals surface area (Å²) in [5, 5.41) is -0.137. The maximum atomic E-state index is 14.3. The molecular formula is C24H10Cl3F7N2O2. The Bertz CT molecular complexity index is 1510. The normalized spacial score (nSPS) is 11.9. The summed E-state index contributed by atoms with van der Waals surface area (Å²) < 4.78 is 105. The average molecular weight is 598 g/mol. The van der Waals surface area contributed by atoms with Gasteiger partial charge in [-0.3, -0.25) is 0 Å².